The fourth-order valence-corrected chi connectivity index (χ4v) is 2.30. The molecule has 0 saturated carbocycles. The Morgan fingerprint density at radius 2 is 2.00 bits per heavy atom. The molecule has 0 bridgehead atoms. The summed E-state index contributed by atoms with van der Waals surface area (Å²) in [5.74, 6) is 0. The van der Waals surface area contributed by atoms with Gasteiger partial charge in [0, 0.05) is 34.4 Å². The average Bonchev–Trinajstić information content (AvgIpc) is 2.44. The molecule has 7 heteroatoms. The highest BCUT2D eigenvalue weighted by Crippen LogP contribution is 2.31. The van der Waals surface area contributed by atoms with Crippen LogP contribution < -0.4 is 5.32 Å². The Morgan fingerprint density at radius 3 is 2.62 bits per heavy atom. The van der Waals surface area contributed by atoms with Crippen LogP contribution in [0.3, 0.4) is 0 Å². The van der Waals surface area contributed by atoms with Crippen molar-refractivity contribution in [2.45, 2.75) is 13.0 Å². The Bertz CT molecular complexity index is 665. The largest absolute Gasteiger partial charge is 0.381 e. The summed E-state index contributed by atoms with van der Waals surface area (Å²) in [5, 5.41) is 13.5. The number of halogens is 3. The van der Waals surface area contributed by atoms with Crippen molar-refractivity contribution >= 4 is 27.3 Å². The fourth-order valence-electron chi connectivity index (χ4n) is 1.85. The Labute approximate surface area is 128 Å². The number of nitro benzene ring substituents is 1. The number of hydrogen-bond donors (Lipinski definition) is 1. The molecule has 0 aliphatic carbocycles. The summed E-state index contributed by atoms with van der Waals surface area (Å²) < 4.78 is 26.9. The van der Waals surface area contributed by atoms with Crippen molar-refractivity contribution in [3.05, 3.63) is 68.2 Å². The van der Waals surface area contributed by atoms with Gasteiger partial charge in [-0.05, 0) is 23.8 Å². The smallest absolute Gasteiger partial charge is 0.270 e. The van der Waals surface area contributed by atoms with Gasteiger partial charge in [0.2, 0.25) is 0 Å². The van der Waals surface area contributed by atoms with Gasteiger partial charge in [-0.2, -0.15) is 0 Å². The molecular weight excluding hydrogens is 346 g/mol. The first-order valence-electron chi connectivity index (χ1n) is 6.02. The van der Waals surface area contributed by atoms with Crippen LogP contribution in [0.25, 0.3) is 0 Å². The Hall–Kier alpha value is -2.02. The fraction of sp³-hybridized carbons (Fsp3) is 0.143. The molecule has 2 aromatic carbocycles. The molecule has 21 heavy (non-hydrogen) atoms. The van der Waals surface area contributed by atoms with Crippen LogP contribution in [0.4, 0.5) is 20.2 Å². The van der Waals surface area contributed by atoms with Gasteiger partial charge >= 0.3 is 0 Å². The molecule has 0 radical (unpaired) electrons. The third-order valence-electron chi connectivity index (χ3n) is 2.85. The van der Waals surface area contributed by atoms with Gasteiger partial charge in [0.25, 0.3) is 12.1 Å². The van der Waals surface area contributed by atoms with E-state index in [1.54, 1.807) is 0 Å². The first kappa shape index (κ1) is 15.4. The molecule has 1 N–H and O–H groups in total. The van der Waals surface area contributed by atoms with Gasteiger partial charge < -0.3 is 5.32 Å². The summed E-state index contributed by atoms with van der Waals surface area (Å²) in [6.45, 7) is 0.344. The van der Waals surface area contributed by atoms with Gasteiger partial charge in [-0.1, -0.05) is 28.1 Å². The molecule has 0 aliphatic heterocycles. The van der Waals surface area contributed by atoms with Crippen molar-refractivity contribution in [2.24, 2.45) is 0 Å². The van der Waals surface area contributed by atoms with Gasteiger partial charge in [-0.15, -0.1) is 0 Å². The summed E-state index contributed by atoms with van der Waals surface area (Å²) in [6, 6.07) is 10.8. The predicted octanol–water partition coefficient (Wildman–Crippen LogP) is 4.91. The predicted molar refractivity (Wildman–Crippen MR) is 79.5 cm³/mol. The number of nitrogens with one attached hydrogen (secondary N) is 1. The van der Waals surface area contributed by atoms with E-state index in [2.05, 4.69) is 21.2 Å². The number of nitrogens with zero attached hydrogens (tertiary/aromatic N) is 1. The van der Waals surface area contributed by atoms with Gasteiger partial charge in [-0.25, -0.2) is 8.78 Å². The van der Waals surface area contributed by atoms with Gasteiger partial charge in [-0.3, -0.25) is 10.1 Å². The molecule has 0 heterocycles. The molecule has 2 rings (SSSR count). The second-order valence-electron chi connectivity index (χ2n) is 4.31. The van der Waals surface area contributed by atoms with E-state index in [1.165, 1.54) is 12.1 Å². The second kappa shape index (κ2) is 6.62. The molecule has 0 fully saturated rings. The van der Waals surface area contributed by atoms with Crippen LogP contribution in [0, 0.1) is 10.1 Å². The summed E-state index contributed by atoms with van der Waals surface area (Å²) in [5.41, 5.74) is 0.371. The van der Waals surface area contributed by atoms with Crippen molar-refractivity contribution in [1.82, 2.24) is 0 Å². The first-order chi connectivity index (χ1) is 9.97. The zero-order valence-corrected chi connectivity index (χ0v) is 12.3. The van der Waals surface area contributed by atoms with Crippen molar-refractivity contribution in [1.29, 1.82) is 0 Å². The lowest BCUT2D eigenvalue weighted by Crippen LogP contribution is -2.03. The first-order valence-corrected chi connectivity index (χ1v) is 6.81. The van der Waals surface area contributed by atoms with Gasteiger partial charge in [0.15, 0.2) is 0 Å². The summed E-state index contributed by atoms with van der Waals surface area (Å²) >= 11 is 3.33. The molecule has 0 spiro atoms. The zero-order chi connectivity index (χ0) is 15.4. The third-order valence-corrected chi connectivity index (χ3v) is 3.35. The van der Waals surface area contributed by atoms with E-state index in [9.17, 15) is 18.9 Å². The van der Waals surface area contributed by atoms with Gasteiger partial charge in [0.1, 0.15) is 0 Å². The Kier molecular flexibility index (Phi) is 4.85. The van der Waals surface area contributed by atoms with Crippen molar-refractivity contribution in [3.8, 4) is 0 Å². The number of alkyl halides is 2. The van der Waals surface area contributed by atoms with Crippen LogP contribution in [0.15, 0.2) is 46.9 Å². The monoisotopic (exact) mass is 356 g/mol. The maximum absolute atomic E-state index is 13.0. The maximum atomic E-state index is 13.0. The summed E-state index contributed by atoms with van der Waals surface area (Å²) in [4.78, 5) is 9.95. The normalized spacial score (nSPS) is 10.7. The van der Waals surface area contributed by atoms with E-state index in [-0.39, 0.29) is 16.9 Å². The van der Waals surface area contributed by atoms with E-state index in [0.29, 0.717) is 6.54 Å². The van der Waals surface area contributed by atoms with E-state index < -0.39 is 11.3 Å². The number of hydrogen-bond acceptors (Lipinski definition) is 3. The molecule has 4 nitrogen and oxygen atoms in total. The second-order valence-corrected chi connectivity index (χ2v) is 5.23. The van der Waals surface area contributed by atoms with E-state index >= 15 is 0 Å². The molecule has 0 amide bonds. The standard InChI is InChI=1S/C14H11BrF2N2O2/c15-10-3-1-2-9(6-10)8-18-13-5-4-11(19(20)21)7-12(13)14(16)17/h1-7,14,18H,8H2. The molecule has 0 unspecified atom stereocenters. The quantitative estimate of drug-likeness (QED) is 0.611. The van der Waals surface area contributed by atoms with Crippen LogP contribution in [0.2, 0.25) is 0 Å². The number of non-ortho nitro benzene ring substituents is 1. The molecule has 0 aliphatic rings. The maximum Gasteiger partial charge on any atom is 0.270 e. The highest BCUT2D eigenvalue weighted by Gasteiger charge is 2.17. The average molecular weight is 357 g/mol. The molecule has 0 saturated heterocycles. The summed E-state index contributed by atoms with van der Waals surface area (Å²) in [7, 11) is 0. The van der Waals surface area contributed by atoms with E-state index in [0.717, 1.165) is 16.1 Å². The summed E-state index contributed by atoms with van der Waals surface area (Å²) in [6.07, 6.45) is -2.78. The minimum absolute atomic E-state index is 0.190. The molecule has 2 aromatic rings. The Morgan fingerprint density at radius 1 is 1.24 bits per heavy atom. The van der Waals surface area contributed by atoms with Crippen LogP contribution >= 0.6 is 15.9 Å². The van der Waals surface area contributed by atoms with Crippen molar-refractivity contribution in [2.75, 3.05) is 5.32 Å². The van der Waals surface area contributed by atoms with Crippen LogP contribution in [0.1, 0.15) is 17.6 Å². The molecule has 0 atom stereocenters. The topological polar surface area (TPSA) is 55.2 Å². The van der Waals surface area contributed by atoms with Crippen molar-refractivity contribution in [3.63, 3.8) is 0 Å². The number of anilines is 1. The minimum Gasteiger partial charge on any atom is -0.381 e. The highest BCUT2D eigenvalue weighted by atomic mass is 79.9. The number of nitro groups is 1. The third kappa shape index (κ3) is 3.98. The molecule has 110 valence electrons. The highest BCUT2D eigenvalue weighted by molar-refractivity contribution is 9.10. The Balaban J connectivity index is 2.21. The van der Waals surface area contributed by atoms with Crippen LogP contribution in [-0.2, 0) is 6.54 Å². The van der Waals surface area contributed by atoms with Crippen LogP contribution in [0.5, 0.6) is 0 Å². The SMILES string of the molecule is O=[N+]([O-])c1ccc(NCc2cccc(Br)c2)c(C(F)F)c1. The number of rotatable bonds is 5. The van der Waals surface area contributed by atoms with Crippen molar-refractivity contribution < 1.29 is 13.7 Å². The van der Waals surface area contributed by atoms with E-state index in [4.69, 9.17) is 0 Å². The number of benzene rings is 2. The minimum atomic E-state index is -2.78. The van der Waals surface area contributed by atoms with E-state index in [1.807, 2.05) is 24.3 Å². The molecular formula is C14H11BrF2N2O2. The zero-order valence-electron chi connectivity index (χ0n) is 10.7. The van der Waals surface area contributed by atoms with Crippen LogP contribution in [-0.4, -0.2) is 4.92 Å². The lowest BCUT2D eigenvalue weighted by atomic mass is 10.1. The lowest BCUT2D eigenvalue weighted by molar-refractivity contribution is -0.385. The van der Waals surface area contributed by atoms with Gasteiger partial charge in [0.05, 0.1) is 4.92 Å². The molecule has 0 aromatic heterocycles. The lowest BCUT2D eigenvalue weighted by Gasteiger charge is -2.11.